The maximum absolute atomic E-state index is 7.53. The lowest BCUT2D eigenvalue weighted by Crippen LogP contribution is -2.16. The second-order valence-corrected chi connectivity index (χ2v) is 3.88. The molecule has 0 saturated heterocycles. The largest absolute Gasteiger partial charge is 0.477 e. The number of pyridine rings is 1. The van der Waals surface area contributed by atoms with Crippen molar-refractivity contribution in [2.24, 2.45) is 5.73 Å². The Morgan fingerprint density at radius 1 is 1.50 bits per heavy atom. The van der Waals surface area contributed by atoms with Gasteiger partial charge in [0.1, 0.15) is 5.84 Å². The van der Waals surface area contributed by atoms with E-state index >= 15 is 0 Å². The van der Waals surface area contributed by atoms with Crippen molar-refractivity contribution in [3.8, 4) is 5.88 Å². The van der Waals surface area contributed by atoms with Crippen LogP contribution in [0.5, 0.6) is 5.88 Å². The zero-order chi connectivity index (χ0) is 12.1. The molecule has 0 atom stereocenters. The van der Waals surface area contributed by atoms with E-state index in [9.17, 15) is 0 Å². The van der Waals surface area contributed by atoms with Crippen LogP contribution in [0.3, 0.4) is 0 Å². The summed E-state index contributed by atoms with van der Waals surface area (Å²) in [5.41, 5.74) is 7.97. The summed E-state index contributed by atoms with van der Waals surface area (Å²) in [6, 6.07) is 1.91. The highest BCUT2D eigenvalue weighted by molar-refractivity contribution is 5.98. The van der Waals surface area contributed by atoms with Gasteiger partial charge in [0.25, 0.3) is 0 Å². The van der Waals surface area contributed by atoms with Crippen molar-refractivity contribution in [3.05, 3.63) is 22.9 Å². The Bertz CT molecular complexity index is 388. The van der Waals surface area contributed by atoms with Crippen LogP contribution >= 0.6 is 0 Å². The fourth-order valence-corrected chi connectivity index (χ4v) is 1.55. The third-order valence-corrected chi connectivity index (χ3v) is 2.32. The molecule has 16 heavy (non-hydrogen) atoms. The number of aryl methyl sites for hydroxylation is 2. The molecule has 4 heteroatoms. The average molecular weight is 221 g/mol. The fourth-order valence-electron chi connectivity index (χ4n) is 1.55. The molecule has 1 aromatic heterocycles. The van der Waals surface area contributed by atoms with Gasteiger partial charge in [0.2, 0.25) is 5.88 Å². The predicted octanol–water partition coefficient (Wildman–Crippen LogP) is 2.16. The van der Waals surface area contributed by atoms with E-state index in [1.54, 1.807) is 0 Å². The molecule has 1 rings (SSSR count). The van der Waals surface area contributed by atoms with Crippen LogP contribution in [0.25, 0.3) is 0 Å². The molecule has 0 saturated carbocycles. The van der Waals surface area contributed by atoms with E-state index in [0.29, 0.717) is 18.1 Å². The minimum Gasteiger partial charge on any atom is -0.477 e. The van der Waals surface area contributed by atoms with Gasteiger partial charge < -0.3 is 10.5 Å². The molecule has 0 fully saturated rings. The van der Waals surface area contributed by atoms with Gasteiger partial charge in [-0.05, 0) is 31.9 Å². The molecule has 1 aromatic rings. The van der Waals surface area contributed by atoms with Gasteiger partial charge in [-0.1, -0.05) is 13.3 Å². The molecular weight excluding hydrogens is 202 g/mol. The van der Waals surface area contributed by atoms with Gasteiger partial charge in [-0.15, -0.1) is 0 Å². The Balaban J connectivity index is 2.99. The summed E-state index contributed by atoms with van der Waals surface area (Å²) < 4.78 is 5.57. The number of hydrogen-bond acceptors (Lipinski definition) is 3. The van der Waals surface area contributed by atoms with Crippen molar-refractivity contribution in [2.45, 2.75) is 33.6 Å². The number of aromatic nitrogens is 1. The maximum atomic E-state index is 7.53. The molecule has 0 radical (unpaired) electrons. The predicted molar refractivity (Wildman–Crippen MR) is 65.1 cm³/mol. The van der Waals surface area contributed by atoms with Gasteiger partial charge in [-0.25, -0.2) is 4.98 Å². The highest BCUT2D eigenvalue weighted by Crippen LogP contribution is 2.20. The molecule has 0 unspecified atom stereocenters. The van der Waals surface area contributed by atoms with Crippen molar-refractivity contribution < 1.29 is 4.74 Å². The Morgan fingerprint density at radius 2 is 2.19 bits per heavy atom. The van der Waals surface area contributed by atoms with E-state index in [0.717, 1.165) is 24.1 Å². The third kappa shape index (κ3) is 2.95. The minimum absolute atomic E-state index is 0.0106. The molecule has 0 aliphatic carbocycles. The van der Waals surface area contributed by atoms with Crippen molar-refractivity contribution >= 4 is 5.84 Å². The van der Waals surface area contributed by atoms with Crippen molar-refractivity contribution in [1.29, 1.82) is 5.41 Å². The molecule has 0 amide bonds. The SMILES string of the molecule is CCCCOc1nc(C)cc(C)c1C(=N)N. The number of nitrogen functional groups attached to an aromatic ring is 1. The zero-order valence-electron chi connectivity index (χ0n) is 10.1. The minimum atomic E-state index is 0.0106. The lowest BCUT2D eigenvalue weighted by atomic mass is 10.1. The Hall–Kier alpha value is -1.58. The first-order valence-corrected chi connectivity index (χ1v) is 5.51. The Kier molecular flexibility index (Phi) is 4.28. The van der Waals surface area contributed by atoms with Gasteiger partial charge in [-0.2, -0.15) is 0 Å². The van der Waals surface area contributed by atoms with Crippen molar-refractivity contribution in [2.75, 3.05) is 6.61 Å². The molecular formula is C12H19N3O. The number of nitrogens with two attached hydrogens (primary N) is 1. The highest BCUT2D eigenvalue weighted by atomic mass is 16.5. The summed E-state index contributed by atoms with van der Waals surface area (Å²) in [7, 11) is 0. The maximum Gasteiger partial charge on any atom is 0.224 e. The average Bonchev–Trinajstić information content (AvgIpc) is 2.16. The van der Waals surface area contributed by atoms with E-state index < -0.39 is 0 Å². The van der Waals surface area contributed by atoms with Crippen LogP contribution in [-0.4, -0.2) is 17.4 Å². The lowest BCUT2D eigenvalue weighted by molar-refractivity contribution is 0.296. The van der Waals surface area contributed by atoms with Crippen LogP contribution in [0.4, 0.5) is 0 Å². The molecule has 0 aliphatic heterocycles. The standard InChI is InChI=1S/C12H19N3O/c1-4-5-6-16-12-10(11(13)14)8(2)7-9(3)15-12/h7H,4-6H2,1-3H3,(H3,13,14). The van der Waals surface area contributed by atoms with Gasteiger partial charge in [0, 0.05) is 5.69 Å². The second-order valence-electron chi connectivity index (χ2n) is 3.88. The Labute approximate surface area is 96.3 Å². The smallest absolute Gasteiger partial charge is 0.224 e. The quantitative estimate of drug-likeness (QED) is 0.454. The van der Waals surface area contributed by atoms with Gasteiger partial charge >= 0.3 is 0 Å². The number of unbranched alkanes of at least 4 members (excludes halogenated alkanes) is 1. The molecule has 0 aromatic carbocycles. The fraction of sp³-hybridized carbons (Fsp3) is 0.500. The summed E-state index contributed by atoms with van der Waals surface area (Å²) >= 11 is 0. The van der Waals surface area contributed by atoms with Crippen LogP contribution in [0, 0.1) is 19.3 Å². The van der Waals surface area contributed by atoms with E-state index in [1.165, 1.54) is 0 Å². The van der Waals surface area contributed by atoms with E-state index in [-0.39, 0.29) is 5.84 Å². The summed E-state index contributed by atoms with van der Waals surface area (Å²) in [6.07, 6.45) is 2.05. The first kappa shape index (κ1) is 12.5. The van der Waals surface area contributed by atoms with Gasteiger partial charge in [0.15, 0.2) is 0 Å². The van der Waals surface area contributed by atoms with Crippen LogP contribution < -0.4 is 10.5 Å². The van der Waals surface area contributed by atoms with Crippen LogP contribution in [0.1, 0.15) is 36.6 Å². The first-order valence-electron chi connectivity index (χ1n) is 5.51. The topological polar surface area (TPSA) is 72.0 Å². The molecule has 0 spiro atoms. The molecule has 0 bridgehead atoms. The van der Waals surface area contributed by atoms with E-state index in [1.807, 2.05) is 19.9 Å². The van der Waals surface area contributed by atoms with Crippen LogP contribution in [0.2, 0.25) is 0 Å². The molecule has 0 aliphatic rings. The van der Waals surface area contributed by atoms with Crippen LogP contribution in [-0.2, 0) is 0 Å². The number of ether oxygens (including phenoxy) is 1. The number of amidine groups is 1. The van der Waals surface area contributed by atoms with Crippen molar-refractivity contribution in [1.82, 2.24) is 4.98 Å². The number of rotatable bonds is 5. The van der Waals surface area contributed by atoms with E-state index in [2.05, 4.69) is 11.9 Å². The second kappa shape index (κ2) is 5.49. The normalized spacial score (nSPS) is 10.2. The molecule has 1 heterocycles. The summed E-state index contributed by atoms with van der Waals surface area (Å²) in [5.74, 6) is 0.495. The first-order chi connectivity index (χ1) is 7.56. The summed E-state index contributed by atoms with van der Waals surface area (Å²) in [4.78, 5) is 4.28. The summed E-state index contributed by atoms with van der Waals surface area (Å²) in [6.45, 7) is 6.54. The van der Waals surface area contributed by atoms with Crippen molar-refractivity contribution in [3.63, 3.8) is 0 Å². The molecule has 3 N–H and O–H groups in total. The zero-order valence-corrected chi connectivity index (χ0v) is 10.1. The molecule has 88 valence electrons. The number of nitrogens with one attached hydrogen (secondary N) is 1. The number of hydrogen-bond donors (Lipinski definition) is 2. The summed E-state index contributed by atoms with van der Waals surface area (Å²) in [5, 5.41) is 7.53. The lowest BCUT2D eigenvalue weighted by Gasteiger charge is -2.12. The Morgan fingerprint density at radius 3 is 2.75 bits per heavy atom. The highest BCUT2D eigenvalue weighted by Gasteiger charge is 2.12. The monoisotopic (exact) mass is 221 g/mol. The third-order valence-electron chi connectivity index (χ3n) is 2.32. The molecule has 4 nitrogen and oxygen atoms in total. The van der Waals surface area contributed by atoms with Crippen LogP contribution in [0.15, 0.2) is 6.07 Å². The van der Waals surface area contributed by atoms with Gasteiger partial charge in [-0.3, -0.25) is 5.41 Å². The number of nitrogens with zero attached hydrogens (tertiary/aromatic N) is 1. The van der Waals surface area contributed by atoms with E-state index in [4.69, 9.17) is 15.9 Å². The van der Waals surface area contributed by atoms with Gasteiger partial charge in [0.05, 0.1) is 12.2 Å².